The second-order valence-electron chi connectivity index (χ2n) is 3.20. The predicted molar refractivity (Wildman–Crippen MR) is 54.0 cm³/mol. The fraction of sp³-hybridized carbons (Fsp3) is 0.111. The molecule has 0 unspecified atom stereocenters. The number of benzene rings is 1. The third-order valence-electron chi connectivity index (χ3n) is 2.13. The van der Waals surface area contributed by atoms with Crippen LogP contribution in [0.1, 0.15) is 5.56 Å². The summed E-state index contributed by atoms with van der Waals surface area (Å²) in [5, 5.41) is 14.1. The van der Waals surface area contributed by atoms with Crippen molar-refractivity contribution >= 4 is 5.69 Å². The van der Waals surface area contributed by atoms with Crippen molar-refractivity contribution in [1.29, 1.82) is 0 Å². The molecule has 0 spiro atoms. The molecule has 82 valence electrons. The van der Waals surface area contributed by atoms with E-state index in [-0.39, 0.29) is 11.5 Å². The van der Waals surface area contributed by atoms with E-state index in [2.05, 4.69) is 14.7 Å². The average molecular weight is 221 g/mol. The highest BCUT2D eigenvalue weighted by molar-refractivity contribution is 5.62. The highest BCUT2D eigenvalue weighted by Crippen LogP contribution is 2.24. The average Bonchev–Trinajstić information content (AvgIpc) is 2.65. The van der Waals surface area contributed by atoms with E-state index in [4.69, 9.17) is 0 Å². The maximum atomic E-state index is 10.8. The van der Waals surface area contributed by atoms with Gasteiger partial charge in [-0.05, 0) is 12.5 Å². The fourth-order valence-electron chi connectivity index (χ4n) is 1.32. The smallest absolute Gasteiger partial charge is 0.296 e. The summed E-state index contributed by atoms with van der Waals surface area (Å²) < 4.78 is 4.34. The molecule has 16 heavy (non-hydrogen) atoms. The first-order valence-corrected chi connectivity index (χ1v) is 4.39. The molecular weight excluding hydrogens is 214 g/mol. The number of H-pyrrole nitrogens is 1. The molecule has 0 saturated heterocycles. The maximum absolute atomic E-state index is 10.8. The highest BCUT2D eigenvalue weighted by atomic mass is 16.6. The lowest BCUT2D eigenvalue weighted by molar-refractivity contribution is -0.384. The molecule has 1 N–H and O–H groups in total. The van der Waals surface area contributed by atoms with Crippen LogP contribution in [-0.2, 0) is 0 Å². The fourth-order valence-corrected chi connectivity index (χ4v) is 1.32. The number of rotatable bonds is 2. The van der Waals surface area contributed by atoms with Crippen LogP contribution in [0.3, 0.4) is 0 Å². The van der Waals surface area contributed by atoms with E-state index in [1.54, 1.807) is 13.0 Å². The third kappa shape index (κ3) is 1.70. The highest BCUT2D eigenvalue weighted by Gasteiger charge is 2.13. The summed E-state index contributed by atoms with van der Waals surface area (Å²) in [5.41, 5.74) is 1.17. The van der Waals surface area contributed by atoms with Gasteiger partial charge in [-0.2, -0.15) is 0 Å². The van der Waals surface area contributed by atoms with Crippen LogP contribution in [0.25, 0.3) is 11.4 Å². The van der Waals surface area contributed by atoms with Crippen molar-refractivity contribution in [3.8, 4) is 11.4 Å². The molecule has 1 aromatic carbocycles. The summed E-state index contributed by atoms with van der Waals surface area (Å²) in [6.45, 7) is 1.76. The van der Waals surface area contributed by atoms with Crippen molar-refractivity contribution in [2.24, 2.45) is 0 Å². The topological polar surface area (TPSA) is 102 Å². The third-order valence-corrected chi connectivity index (χ3v) is 2.13. The molecule has 0 radical (unpaired) electrons. The van der Waals surface area contributed by atoms with Crippen molar-refractivity contribution in [3.63, 3.8) is 0 Å². The minimum atomic E-state index is -0.694. The summed E-state index contributed by atoms with van der Waals surface area (Å²) in [5.74, 6) is -0.507. The maximum Gasteiger partial charge on any atom is 0.439 e. The Hall–Kier alpha value is -2.44. The van der Waals surface area contributed by atoms with Crippen molar-refractivity contribution in [2.45, 2.75) is 6.92 Å². The van der Waals surface area contributed by atoms with Gasteiger partial charge in [0.2, 0.25) is 0 Å². The molecule has 1 aromatic heterocycles. The van der Waals surface area contributed by atoms with Gasteiger partial charge in [-0.1, -0.05) is 11.2 Å². The van der Waals surface area contributed by atoms with Gasteiger partial charge in [0.15, 0.2) is 5.82 Å². The molecule has 2 rings (SSSR count). The van der Waals surface area contributed by atoms with Gasteiger partial charge in [0.05, 0.1) is 4.92 Å². The van der Waals surface area contributed by atoms with Crippen LogP contribution in [0.5, 0.6) is 0 Å². The Morgan fingerprint density at radius 2 is 2.25 bits per heavy atom. The number of aromatic amines is 1. The second kappa shape index (κ2) is 3.61. The number of hydrogen-bond donors (Lipinski definition) is 1. The number of aromatic nitrogens is 2. The van der Waals surface area contributed by atoms with Gasteiger partial charge in [0.25, 0.3) is 5.69 Å². The van der Waals surface area contributed by atoms with Crippen LogP contribution in [0, 0.1) is 17.0 Å². The Morgan fingerprint density at radius 1 is 1.50 bits per heavy atom. The number of hydrogen-bond acceptors (Lipinski definition) is 5. The van der Waals surface area contributed by atoms with Gasteiger partial charge in [-0.15, -0.1) is 0 Å². The number of nitro benzene ring substituents is 1. The SMILES string of the molecule is Cc1ccc([N+](=O)[O-])cc1-c1noc(=O)[nH]1. The Morgan fingerprint density at radius 3 is 2.81 bits per heavy atom. The van der Waals surface area contributed by atoms with Crippen LogP contribution in [0.2, 0.25) is 0 Å². The number of aryl methyl sites for hydroxylation is 1. The zero-order chi connectivity index (χ0) is 11.7. The quantitative estimate of drug-likeness (QED) is 0.607. The monoisotopic (exact) mass is 221 g/mol. The number of nitrogens with zero attached hydrogens (tertiary/aromatic N) is 2. The molecule has 7 nitrogen and oxygen atoms in total. The lowest BCUT2D eigenvalue weighted by Crippen LogP contribution is -1.96. The van der Waals surface area contributed by atoms with E-state index in [0.29, 0.717) is 5.56 Å². The van der Waals surface area contributed by atoms with Gasteiger partial charge < -0.3 is 0 Å². The van der Waals surface area contributed by atoms with E-state index in [1.807, 2.05) is 0 Å². The summed E-state index contributed by atoms with van der Waals surface area (Å²) in [7, 11) is 0. The van der Waals surface area contributed by atoms with Crippen LogP contribution in [0.15, 0.2) is 27.5 Å². The van der Waals surface area contributed by atoms with Gasteiger partial charge >= 0.3 is 5.76 Å². The lowest BCUT2D eigenvalue weighted by atomic mass is 10.1. The molecule has 0 fully saturated rings. The number of nitrogens with one attached hydrogen (secondary N) is 1. The molecular formula is C9H7N3O4. The van der Waals surface area contributed by atoms with Gasteiger partial charge in [0.1, 0.15) is 0 Å². The Bertz CT molecular complexity index is 599. The van der Waals surface area contributed by atoms with Crippen molar-refractivity contribution in [2.75, 3.05) is 0 Å². The Labute approximate surface area is 88.9 Å². The minimum absolute atomic E-state index is 0.0653. The summed E-state index contributed by atoms with van der Waals surface area (Å²) in [4.78, 5) is 23.2. The van der Waals surface area contributed by atoms with E-state index in [0.717, 1.165) is 5.56 Å². The van der Waals surface area contributed by atoms with E-state index >= 15 is 0 Å². The van der Waals surface area contributed by atoms with Gasteiger partial charge in [-0.25, -0.2) is 4.79 Å². The Balaban J connectivity index is 2.59. The summed E-state index contributed by atoms with van der Waals surface area (Å²) in [6.07, 6.45) is 0. The van der Waals surface area contributed by atoms with Crippen molar-refractivity contribution < 1.29 is 9.45 Å². The van der Waals surface area contributed by atoms with Crippen LogP contribution in [0.4, 0.5) is 5.69 Å². The molecule has 2 aromatic rings. The van der Waals surface area contributed by atoms with Gasteiger partial charge in [-0.3, -0.25) is 19.6 Å². The largest absolute Gasteiger partial charge is 0.439 e. The normalized spacial score (nSPS) is 10.3. The standard InChI is InChI=1S/C9H7N3O4/c1-5-2-3-6(12(14)15)4-7(5)8-10-9(13)16-11-8/h2-4H,1H3,(H,10,11,13). The minimum Gasteiger partial charge on any atom is -0.296 e. The van der Waals surface area contributed by atoms with E-state index in [9.17, 15) is 14.9 Å². The molecule has 0 amide bonds. The molecule has 0 aliphatic rings. The van der Waals surface area contributed by atoms with Crippen LogP contribution >= 0.6 is 0 Å². The summed E-state index contributed by atoms with van der Waals surface area (Å²) >= 11 is 0. The molecule has 0 bridgehead atoms. The summed E-state index contributed by atoms with van der Waals surface area (Å²) in [6, 6.07) is 4.31. The van der Waals surface area contributed by atoms with Crippen LogP contribution in [-0.4, -0.2) is 15.1 Å². The zero-order valence-corrected chi connectivity index (χ0v) is 8.26. The first-order valence-electron chi connectivity index (χ1n) is 4.39. The van der Waals surface area contributed by atoms with Crippen molar-refractivity contribution in [3.05, 3.63) is 44.4 Å². The van der Waals surface area contributed by atoms with E-state index in [1.165, 1.54) is 12.1 Å². The number of nitro groups is 1. The number of non-ortho nitro benzene ring substituents is 1. The molecule has 0 aliphatic heterocycles. The molecule has 7 heteroatoms. The Kier molecular flexibility index (Phi) is 2.28. The first-order chi connectivity index (χ1) is 7.58. The van der Waals surface area contributed by atoms with Gasteiger partial charge in [0, 0.05) is 17.7 Å². The predicted octanol–water partition coefficient (Wildman–Crippen LogP) is 1.25. The van der Waals surface area contributed by atoms with Crippen LogP contribution < -0.4 is 5.76 Å². The second-order valence-corrected chi connectivity index (χ2v) is 3.20. The molecule has 0 aliphatic carbocycles. The molecule has 0 saturated carbocycles. The molecule has 0 atom stereocenters. The van der Waals surface area contributed by atoms with E-state index < -0.39 is 10.7 Å². The zero-order valence-electron chi connectivity index (χ0n) is 8.26. The van der Waals surface area contributed by atoms with Crippen molar-refractivity contribution in [1.82, 2.24) is 10.1 Å². The lowest BCUT2D eigenvalue weighted by Gasteiger charge is -2.00. The first kappa shape index (κ1) is 10.1. The molecule has 1 heterocycles.